The molecule has 35 heavy (non-hydrogen) atoms. The fraction of sp³-hybridized carbons (Fsp3) is 0.517. The minimum Gasteiger partial charge on any atom is -0.334 e. The molecule has 0 N–H and O–H groups in total. The predicted octanol–water partition coefficient (Wildman–Crippen LogP) is 7.53. The number of rotatable bonds is 9. The van der Waals surface area contributed by atoms with E-state index in [9.17, 15) is 0 Å². The monoisotopic (exact) mass is 505 g/mol. The molecule has 6 rings (SSSR count). The third-order valence-corrected chi connectivity index (χ3v) is 10.8. The lowest BCUT2D eigenvalue weighted by Gasteiger charge is -2.42. The van der Waals surface area contributed by atoms with Gasteiger partial charge in [0.05, 0.1) is 0 Å². The summed E-state index contributed by atoms with van der Waals surface area (Å²) in [5.74, 6) is 2.85. The fourth-order valence-corrected chi connectivity index (χ4v) is 9.19. The normalized spacial score (nSPS) is 21.2. The standard InChI is InChI=1S/C29H35N3OS2/c1-2-16-32-17-14-20-8-6-11-23-27-21(19-25(32)28(20)23)9-7-12-24(27)29-30-26(31-33-29)13-5-3-4-10-22-15-18-34-35-22/h6-9,11-12,22,25H,2-5,10,13-19H2,1H3. The molecule has 1 fully saturated rings. The van der Waals surface area contributed by atoms with Crippen LogP contribution in [0.4, 0.5) is 0 Å². The molecule has 0 saturated carbocycles. The molecule has 2 aromatic carbocycles. The Labute approximate surface area is 217 Å². The number of unbranched alkanes of at least 4 members (excludes halogenated alkanes) is 2. The van der Waals surface area contributed by atoms with E-state index < -0.39 is 0 Å². The number of hydrogen-bond acceptors (Lipinski definition) is 6. The van der Waals surface area contributed by atoms with Gasteiger partial charge in [-0.3, -0.25) is 4.90 Å². The minimum absolute atomic E-state index is 0.483. The highest BCUT2D eigenvalue weighted by atomic mass is 33.1. The first-order valence-electron chi connectivity index (χ1n) is 13.4. The molecule has 3 aliphatic rings. The molecule has 4 nitrogen and oxygen atoms in total. The van der Waals surface area contributed by atoms with Crippen molar-refractivity contribution in [3.8, 4) is 22.6 Å². The first-order valence-corrected chi connectivity index (χ1v) is 15.8. The summed E-state index contributed by atoms with van der Waals surface area (Å²) in [5.41, 5.74) is 8.22. The summed E-state index contributed by atoms with van der Waals surface area (Å²) in [6.45, 7) is 4.62. The van der Waals surface area contributed by atoms with Gasteiger partial charge in [-0.25, -0.2) is 0 Å². The first kappa shape index (κ1) is 23.6. The predicted molar refractivity (Wildman–Crippen MR) is 148 cm³/mol. The minimum atomic E-state index is 0.483. The van der Waals surface area contributed by atoms with Crippen LogP contribution in [0.15, 0.2) is 40.9 Å². The Morgan fingerprint density at radius 1 is 1.06 bits per heavy atom. The summed E-state index contributed by atoms with van der Waals surface area (Å²) < 4.78 is 5.85. The number of aromatic nitrogens is 2. The Hall–Kier alpha value is -1.76. The molecule has 1 aliphatic carbocycles. The van der Waals surface area contributed by atoms with Crippen molar-refractivity contribution in [2.75, 3.05) is 18.8 Å². The Bertz CT molecular complexity index is 1170. The molecule has 0 bridgehead atoms. The smallest absolute Gasteiger partial charge is 0.258 e. The largest absolute Gasteiger partial charge is 0.334 e. The molecule has 0 amide bonds. The van der Waals surface area contributed by atoms with Gasteiger partial charge in [0, 0.05) is 35.6 Å². The van der Waals surface area contributed by atoms with Crippen molar-refractivity contribution in [2.24, 2.45) is 0 Å². The van der Waals surface area contributed by atoms with Crippen LogP contribution in [0.2, 0.25) is 0 Å². The third-order valence-electron chi connectivity index (χ3n) is 7.84. The van der Waals surface area contributed by atoms with Crippen LogP contribution < -0.4 is 0 Å². The SMILES string of the molecule is CCCN1CCc2cccc3c2C1Cc1cccc(-c2nc(CCCCCC4CCSS4)no2)c1-3. The molecular weight excluding hydrogens is 470 g/mol. The van der Waals surface area contributed by atoms with Gasteiger partial charge in [0.2, 0.25) is 0 Å². The summed E-state index contributed by atoms with van der Waals surface area (Å²) in [4.78, 5) is 7.55. The van der Waals surface area contributed by atoms with Crippen LogP contribution >= 0.6 is 21.6 Å². The van der Waals surface area contributed by atoms with E-state index in [4.69, 9.17) is 9.51 Å². The molecule has 0 spiro atoms. The van der Waals surface area contributed by atoms with Gasteiger partial charge in [-0.05, 0) is 79.0 Å². The Morgan fingerprint density at radius 3 is 2.80 bits per heavy atom. The highest BCUT2D eigenvalue weighted by molar-refractivity contribution is 8.77. The fourth-order valence-electron chi connectivity index (χ4n) is 6.17. The van der Waals surface area contributed by atoms with Crippen molar-refractivity contribution >= 4 is 21.6 Å². The quantitative estimate of drug-likeness (QED) is 0.221. The lowest BCUT2D eigenvalue weighted by atomic mass is 9.75. The van der Waals surface area contributed by atoms with Gasteiger partial charge in [-0.1, -0.05) is 76.8 Å². The van der Waals surface area contributed by atoms with E-state index in [1.807, 2.05) is 10.8 Å². The van der Waals surface area contributed by atoms with E-state index in [0.717, 1.165) is 48.9 Å². The second-order valence-corrected chi connectivity index (χ2v) is 13.0. The van der Waals surface area contributed by atoms with E-state index in [2.05, 4.69) is 64.2 Å². The molecule has 2 unspecified atom stereocenters. The average molecular weight is 506 g/mol. The van der Waals surface area contributed by atoms with E-state index in [-0.39, 0.29) is 0 Å². The highest BCUT2D eigenvalue weighted by Gasteiger charge is 2.35. The van der Waals surface area contributed by atoms with Crippen LogP contribution in [0, 0.1) is 0 Å². The Kier molecular flexibility index (Phi) is 7.22. The lowest BCUT2D eigenvalue weighted by Crippen LogP contribution is -2.38. The van der Waals surface area contributed by atoms with Gasteiger partial charge in [-0.15, -0.1) is 0 Å². The van der Waals surface area contributed by atoms with Gasteiger partial charge in [0.15, 0.2) is 5.82 Å². The van der Waals surface area contributed by atoms with E-state index in [1.54, 1.807) is 0 Å². The van der Waals surface area contributed by atoms with E-state index in [0.29, 0.717) is 11.9 Å². The molecule has 1 aromatic heterocycles. The third kappa shape index (κ3) is 4.82. The molecule has 1 saturated heterocycles. The summed E-state index contributed by atoms with van der Waals surface area (Å²) in [6.07, 6.45) is 10.7. The first-order chi connectivity index (χ1) is 17.3. The zero-order chi connectivity index (χ0) is 23.6. The van der Waals surface area contributed by atoms with Crippen LogP contribution in [0.5, 0.6) is 0 Å². The topological polar surface area (TPSA) is 42.2 Å². The van der Waals surface area contributed by atoms with Crippen molar-refractivity contribution in [2.45, 2.75) is 76.0 Å². The zero-order valence-corrected chi connectivity index (χ0v) is 22.3. The molecule has 3 heterocycles. The lowest BCUT2D eigenvalue weighted by molar-refractivity contribution is 0.183. The van der Waals surface area contributed by atoms with Crippen LogP contribution in [0.1, 0.15) is 74.0 Å². The second kappa shape index (κ2) is 10.7. The van der Waals surface area contributed by atoms with Crippen molar-refractivity contribution in [3.05, 3.63) is 58.9 Å². The van der Waals surface area contributed by atoms with Gasteiger partial charge >= 0.3 is 0 Å². The van der Waals surface area contributed by atoms with E-state index in [1.165, 1.54) is 72.2 Å². The van der Waals surface area contributed by atoms with Crippen molar-refractivity contribution in [1.29, 1.82) is 0 Å². The summed E-state index contributed by atoms with van der Waals surface area (Å²) in [6, 6.07) is 14.0. The van der Waals surface area contributed by atoms with Crippen molar-refractivity contribution in [3.63, 3.8) is 0 Å². The number of fused-ring (bicyclic) bond motifs is 2. The summed E-state index contributed by atoms with van der Waals surface area (Å²) in [7, 11) is 4.13. The molecule has 3 aromatic rings. The highest BCUT2D eigenvalue weighted by Crippen LogP contribution is 2.48. The summed E-state index contributed by atoms with van der Waals surface area (Å²) in [5, 5.41) is 5.24. The zero-order valence-electron chi connectivity index (χ0n) is 20.7. The average Bonchev–Trinajstić information content (AvgIpc) is 3.58. The summed E-state index contributed by atoms with van der Waals surface area (Å²) >= 11 is 0. The number of aryl methyl sites for hydroxylation is 1. The van der Waals surface area contributed by atoms with Gasteiger partial charge in [0.25, 0.3) is 5.89 Å². The number of benzene rings is 2. The van der Waals surface area contributed by atoms with Gasteiger partial charge < -0.3 is 4.52 Å². The van der Waals surface area contributed by atoms with Crippen molar-refractivity contribution < 1.29 is 4.52 Å². The number of hydrogen-bond donors (Lipinski definition) is 0. The molecule has 184 valence electrons. The maximum atomic E-state index is 5.85. The molecule has 6 heteroatoms. The van der Waals surface area contributed by atoms with Crippen LogP contribution in [0.25, 0.3) is 22.6 Å². The molecule has 2 atom stereocenters. The van der Waals surface area contributed by atoms with Crippen LogP contribution in [-0.4, -0.2) is 39.1 Å². The van der Waals surface area contributed by atoms with E-state index >= 15 is 0 Å². The molecule has 0 radical (unpaired) electrons. The Balaban J connectivity index is 1.21. The Morgan fingerprint density at radius 2 is 1.94 bits per heavy atom. The number of nitrogens with zero attached hydrogens (tertiary/aromatic N) is 3. The second-order valence-electron chi connectivity index (χ2n) is 10.2. The molecule has 2 aliphatic heterocycles. The van der Waals surface area contributed by atoms with Gasteiger partial charge in [0.1, 0.15) is 0 Å². The van der Waals surface area contributed by atoms with Crippen molar-refractivity contribution in [1.82, 2.24) is 15.0 Å². The van der Waals surface area contributed by atoms with Gasteiger partial charge in [-0.2, -0.15) is 4.98 Å². The van der Waals surface area contributed by atoms with Crippen LogP contribution in [-0.2, 0) is 19.3 Å². The van der Waals surface area contributed by atoms with Crippen LogP contribution in [0.3, 0.4) is 0 Å². The maximum absolute atomic E-state index is 5.85. The maximum Gasteiger partial charge on any atom is 0.258 e. The molecular formula is C29H35N3OS2.